The number of phosphoric acid groups is 1. The van der Waals surface area contributed by atoms with E-state index in [-0.39, 0.29) is 18.9 Å². The SMILES string of the molecule is CCCCC/C=C/CC/C=C/CCCC(O)C(O)C(COP(=O)(O)OCC[N+](C)(C)C)NC(=O)CCCCCCCCCCCCCCCCCC. The Hall–Kier alpha value is -1.06. The molecule has 0 aromatic carbocycles. The number of unbranched alkanes of at least 4 members (excludes halogenated alkanes) is 20. The highest BCUT2D eigenvalue weighted by Gasteiger charge is 2.31. The van der Waals surface area contributed by atoms with E-state index in [0.29, 0.717) is 23.9 Å². The number of aliphatic hydroxyl groups excluding tert-OH is 2. The number of rotatable bonds is 38. The number of likely N-dealkylation sites (N-methyl/N-ethyl adjacent to an activating group) is 1. The predicted molar refractivity (Wildman–Crippen MR) is 218 cm³/mol. The van der Waals surface area contributed by atoms with Crippen molar-refractivity contribution in [3.05, 3.63) is 24.3 Å². The number of nitrogens with one attached hydrogen (secondary N) is 1. The zero-order valence-electron chi connectivity index (χ0n) is 34.4. The highest BCUT2D eigenvalue weighted by molar-refractivity contribution is 7.47. The maximum Gasteiger partial charge on any atom is 0.472 e. The van der Waals surface area contributed by atoms with Gasteiger partial charge < -0.3 is 24.9 Å². The topological polar surface area (TPSA) is 125 Å². The molecule has 0 fully saturated rings. The number of carbonyl (C=O) groups excluding carboxylic acids is 1. The number of hydrogen-bond donors (Lipinski definition) is 4. The molecule has 4 atom stereocenters. The zero-order chi connectivity index (χ0) is 38.8. The number of carbonyl (C=O) groups is 1. The fourth-order valence-corrected chi connectivity index (χ4v) is 6.78. The van der Waals surface area contributed by atoms with E-state index < -0.39 is 32.7 Å². The molecule has 0 aliphatic rings. The van der Waals surface area contributed by atoms with Gasteiger partial charge in [-0.05, 0) is 51.4 Å². The monoisotopic (exact) mass is 760 g/mol. The summed E-state index contributed by atoms with van der Waals surface area (Å²) in [5.41, 5.74) is 0. The second-order valence-corrected chi connectivity index (χ2v) is 17.3. The van der Waals surface area contributed by atoms with Crippen LogP contribution in [0.25, 0.3) is 0 Å². The third-order valence-electron chi connectivity index (χ3n) is 9.52. The molecule has 0 aliphatic carbocycles. The Morgan fingerprint density at radius 1 is 0.654 bits per heavy atom. The number of nitrogens with zero attached hydrogens (tertiary/aromatic N) is 1. The molecule has 4 unspecified atom stereocenters. The summed E-state index contributed by atoms with van der Waals surface area (Å²) in [6.07, 6.45) is 35.2. The van der Waals surface area contributed by atoms with E-state index in [1.165, 1.54) is 103 Å². The zero-order valence-corrected chi connectivity index (χ0v) is 35.3. The predicted octanol–water partition coefficient (Wildman–Crippen LogP) is 10.3. The first-order valence-corrected chi connectivity index (χ1v) is 22.8. The summed E-state index contributed by atoms with van der Waals surface area (Å²) < 4.78 is 23.4. The molecule has 0 saturated carbocycles. The number of aliphatic hydroxyl groups is 2. The van der Waals surface area contributed by atoms with Crippen molar-refractivity contribution in [1.29, 1.82) is 0 Å². The molecule has 0 radical (unpaired) electrons. The third-order valence-corrected chi connectivity index (χ3v) is 10.5. The quantitative estimate of drug-likeness (QED) is 0.0214. The van der Waals surface area contributed by atoms with E-state index in [9.17, 15) is 24.5 Å². The second kappa shape index (κ2) is 34.4. The van der Waals surface area contributed by atoms with Crippen LogP contribution < -0.4 is 5.32 Å². The minimum atomic E-state index is -4.42. The van der Waals surface area contributed by atoms with Crippen molar-refractivity contribution < 1.29 is 38.0 Å². The van der Waals surface area contributed by atoms with E-state index in [2.05, 4.69) is 43.5 Å². The number of amides is 1. The second-order valence-electron chi connectivity index (χ2n) is 15.8. The average Bonchev–Trinajstić information content (AvgIpc) is 3.09. The van der Waals surface area contributed by atoms with Crippen molar-refractivity contribution in [3.8, 4) is 0 Å². The van der Waals surface area contributed by atoms with Gasteiger partial charge in [0.2, 0.25) is 5.91 Å². The molecule has 0 rings (SSSR count). The molecular formula is C42H84N2O7P+. The molecule has 1 amide bonds. The van der Waals surface area contributed by atoms with Gasteiger partial charge in [0.05, 0.1) is 39.9 Å². The molecule has 0 bridgehead atoms. The van der Waals surface area contributed by atoms with Crippen LogP contribution >= 0.6 is 7.82 Å². The lowest BCUT2D eigenvalue weighted by atomic mass is 10.0. The highest BCUT2D eigenvalue weighted by Crippen LogP contribution is 2.43. The van der Waals surface area contributed by atoms with E-state index in [1.54, 1.807) is 0 Å². The highest BCUT2D eigenvalue weighted by atomic mass is 31.2. The van der Waals surface area contributed by atoms with Gasteiger partial charge in [-0.3, -0.25) is 13.8 Å². The van der Waals surface area contributed by atoms with E-state index in [4.69, 9.17) is 9.05 Å². The molecule has 9 nitrogen and oxygen atoms in total. The molecule has 0 heterocycles. The van der Waals surface area contributed by atoms with Crippen molar-refractivity contribution in [2.45, 2.75) is 199 Å². The first-order valence-electron chi connectivity index (χ1n) is 21.3. The molecule has 0 saturated heterocycles. The van der Waals surface area contributed by atoms with Crippen LogP contribution in [0.2, 0.25) is 0 Å². The van der Waals surface area contributed by atoms with Crippen molar-refractivity contribution in [3.63, 3.8) is 0 Å². The summed E-state index contributed by atoms with van der Waals surface area (Å²) >= 11 is 0. The van der Waals surface area contributed by atoms with Gasteiger partial charge in [0.1, 0.15) is 19.3 Å². The molecule has 0 aliphatic heterocycles. The van der Waals surface area contributed by atoms with Crippen molar-refractivity contribution >= 4 is 13.7 Å². The Labute approximate surface area is 320 Å². The van der Waals surface area contributed by atoms with Gasteiger partial charge >= 0.3 is 7.82 Å². The standard InChI is InChI=1S/C42H83N2O7P/c1-6-8-10-12-14-16-18-20-21-22-23-25-27-29-31-33-35-41(46)43-39(38-51-52(48,49)50-37-36-44(3,4)5)42(47)40(45)34-32-30-28-26-24-19-17-15-13-11-9-7-2/h15,17,26,28,39-40,42,45,47H,6-14,16,18-25,27,29-38H2,1-5H3,(H-,43,46,48,49)/p+1/b17-15+,28-26+. The number of phosphoric ester groups is 1. The molecular weight excluding hydrogens is 675 g/mol. The molecule has 52 heavy (non-hydrogen) atoms. The molecule has 308 valence electrons. The molecule has 0 aromatic rings. The molecule has 0 aromatic heterocycles. The van der Waals surface area contributed by atoms with Crippen LogP contribution in [0.5, 0.6) is 0 Å². The number of allylic oxidation sites excluding steroid dienone is 4. The van der Waals surface area contributed by atoms with Crippen molar-refractivity contribution in [2.24, 2.45) is 0 Å². The van der Waals surface area contributed by atoms with E-state index in [0.717, 1.165) is 44.9 Å². The van der Waals surface area contributed by atoms with Crippen LogP contribution in [0, 0.1) is 0 Å². The van der Waals surface area contributed by atoms with Crippen LogP contribution in [-0.4, -0.2) is 84.6 Å². The lowest BCUT2D eigenvalue weighted by molar-refractivity contribution is -0.870. The van der Waals surface area contributed by atoms with Gasteiger partial charge in [-0.15, -0.1) is 0 Å². The average molecular weight is 760 g/mol. The van der Waals surface area contributed by atoms with Gasteiger partial charge in [0, 0.05) is 6.42 Å². The smallest absolute Gasteiger partial charge is 0.390 e. The summed E-state index contributed by atoms with van der Waals surface area (Å²) in [5.74, 6) is -0.272. The van der Waals surface area contributed by atoms with E-state index in [1.807, 2.05) is 21.1 Å². The first-order chi connectivity index (χ1) is 24.9. The summed E-state index contributed by atoms with van der Waals surface area (Å²) in [5, 5.41) is 24.6. The maximum absolute atomic E-state index is 12.9. The van der Waals surface area contributed by atoms with Crippen LogP contribution in [0.15, 0.2) is 24.3 Å². The molecule has 0 spiro atoms. The maximum atomic E-state index is 12.9. The summed E-state index contributed by atoms with van der Waals surface area (Å²) in [7, 11) is 1.41. The Morgan fingerprint density at radius 3 is 1.60 bits per heavy atom. The van der Waals surface area contributed by atoms with Crippen LogP contribution in [0.4, 0.5) is 0 Å². The summed E-state index contributed by atoms with van der Waals surface area (Å²) in [6, 6.07) is -1.05. The summed E-state index contributed by atoms with van der Waals surface area (Å²) in [4.78, 5) is 23.1. The molecule has 4 N–H and O–H groups in total. The molecule has 10 heteroatoms. The van der Waals surface area contributed by atoms with Crippen LogP contribution in [0.1, 0.15) is 181 Å². The largest absolute Gasteiger partial charge is 0.472 e. The number of hydrogen-bond acceptors (Lipinski definition) is 6. The summed E-state index contributed by atoms with van der Waals surface area (Å²) in [6.45, 7) is 4.54. The number of quaternary nitrogens is 1. The van der Waals surface area contributed by atoms with Gasteiger partial charge in [0.25, 0.3) is 0 Å². The van der Waals surface area contributed by atoms with Gasteiger partial charge in [-0.25, -0.2) is 4.57 Å². The van der Waals surface area contributed by atoms with Crippen molar-refractivity contribution in [2.75, 3.05) is 40.9 Å². The Morgan fingerprint density at radius 2 is 1.10 bits per heavy atom. The van der Waals surface area contributed by atoms with Gasteiger partial charge in [0.15, 0.2) is 0 Å². The van der Waals surface area contributed by atoms with E-state index >= 15 is 0 Å². The Bertz CT molecular complexity index is 924. The first kappa shape index (κ1) is 50.9. The van der Waals surface area contributed by atoms with Crippen molar-refractivity contribution in [1.82, 2.24) is 5.32 Å². The fourth-order valence-electron chi connectivity index (χ4n) is 6.04. The third kappa shape index (κ3) is 34.7. The normalized spacial score (nSPS) is 15.3. The lowest BCUT2D eigenvalue weighted by Gasteiger charge is -2.28. The lowest BCUT2D eigenvalue weighted by Crippen LogP contribution is -2.51. The fraction of sp³-hybridized carbons (Fsp3) is 0.881. The minimum absolute atomic E-state index is 0.0154. The minimum Gasteiger partial charge on any atom is -0.390 e. The van der Waals surface area contributed by atoms with Crippen LogP contribution in [-0.2, 0) is 18.4 Å². The van der Waals surface area contributed by atoms with Gasteiger partial charge in [-0.1, -0.05) is 147 Å². The van der Waals surface area contributed by atoms with Gasteiger partial charge in [-0.2, -0.15) is 0 Å². The van der Waals surface area contributed by atoms with Crippen LogP contribution in [0.3, 0.4) is 0 Å². The Kier molecular flexibility index (Phi) is 33.7. The Balaban J connectivity index is 4.56.